The standard InChI is InChI=1S/C15H13ClN2O/c16-14-5-6-15(13(7-14)9-18)19-10-12-3-1-11(8-17)2-4-12/h1-7H,9-10,18H2. The smallest absolute Gasteiger partial charge is 0.124 e. The predicted molar refractivity (Wildman–Crippen MR) is 74.8 cm³/mol. The van der Waals surface area contributed by atoms with Gasteiger partial charge in [-0.1, -0.05) is 23.7 Å². The molecule has 96 valence electrons. The van der Waals surface area contributed by atoms with Crippen molar-refractivity contribution >= 4 is 11.6 Å². The van der Waals surface area contributed by atoms with E-state index >= 15 is 0 Å². The summed E-state index contributed by atoms with van der Waals surface area (Å²) in [6.45, 7) is 0.809. The molecule has 0 saturated heterocycles. The lowest BCUT2D eigenvalue weighted by Crippen LogP contribution is -2.02. The highest BCUT2D eigenvalue weighted by atomic mass is 35.5. The van der Waals surface area contributed by atoms with E-state index in [1.807, 2.05) is 18.2 Å². The van der Waals surface area contributed by atoms with Crippen LogP contribution in [0.2, 0.25) is 5.02 Å². The van der Waals surface area contributed by atoms with Crippen molar-refractivity contribution in [1.82, 2.24) is 0 Å². The number of nitrogens with two attached hydrogens (primary N) is 1. The highest BCUT2D eigenvalue weighted by molar-refractivity contribution is 6.30. The van der Waals surface area contributed by atoms with Crippen LogP contribution in [-0.2, 0) is 13.2 Å². The van der Waals surface area contributed by atoms with Crippen LogP contribution in [0.3, 0.4) is 0 Å². The first-order valence-corrected chi connectivity index (χ1v) is 6.21. The number of rotatable bonds is 4. The van der Waals surface area contributed by atoms with Crippen LogP contribution < -0.4 is 10.5 Å². The molecule has 0 atom stereocenters. The third-order valence-electron chi connectivity index (χ3n) is 2.72. The maximum atomic E-state index is 8.72. The summed E-state index contributed by atoms with van der Waals surface area (Å²) >= 11 is 5.90. The molecule has 2 N–H and O–H groups in total. The summed E-state index contributed by atoms with van der Waals surface area (Å²) in [7, 11) is 0. The molecule has 0 amide bonds. The molecule has 0 fully saturated rings. The van der Waals surface area contributed by atoms with Crippen molar-refractivity contribution in [2.24, 2.45) is 5.73 Å². The van der Waals surface area contributed by atoms with E-state index in [-0.39, 0.29) is 0 Å². The topological polar surface area (TPSA) is 59.0 Å². The average molecular weight is 273 g/mol. The summed E-state index contributed by atoms with van der Waals surface area (Å²) in [6, 6.07) is 14.7. The molecule has 2 aromatic rings. The van der Waals surface area contributed by atoms with Gasteiger partial charge in [0.2, 0.25) is 0 Å². The van der Waals surface area contributed by atoms with Gasteiger partial charge in [-0.2, -0.15) is 5.26 Å². The Balaban J connectivity index is 2.07. The zero-order valence-corrected chi connectivity index (χ0v) is 11.0. The van der Waals surface area contributed by atoms with Crippen LogP contribution in [0, 0.1) is 11.3 Å². The number of halogens is 1. The molecule has 0 spiro atoms. The Morgan fingerprint density at radius 3 is 2.53 bits per heavy atom. The van der Waals surface area contributed by atoms with Gasteiger partial charge in [-0.25, -0.2) is 0 Å². The van der Waals surface area contributed by atoms with E-state index in [4.69, 9.17) is 27.3 Å². The SMILES string of the molecule is N#Cc1ccc(COc2ccc(Cl)cc2CN)cc1. The fourth-order valence-electron chi connectivity index (χ4n) is 1.68. The molecule has 2 aromatic carbocycles. The maximum absolute atomic E-state index is 8.72. The Labute approximate surface area is 117 Å². The van der Waals surface area contributed by atoms with E-state index in [1.165, 1.54) is 0 Å². The van der Waals surface area contributed by atoms with Crippen LogP contribution in [0.25, 0.3) is 0 Å². The number of benzene rings is 2. The lowest BCUT2D eigenvalue weighted by Gasteiger charge is -2.10. The molecular formula is C15H13ClN2O. The largest absolute Gasteiger partial charge is 0.489 e. The molecule has 0 aliphatic rings. The van der Waals surface area contributed by atoms with Crippen LogP contribution in [0.5, 0.6) is 5.75 Å². The number of hydrogen-bond acceptors (Lipinski definition) is 3. The van der Waals surface area contributed by atoms with Gasteiger partial charge in [0, 0.05) is 17.1 Å². The van der Waals surface area contributed by atoms with Crippen molar-refractivity contribution in [2.75, 3.05) is 0 Å². The summed E-state index contributed by atoms with van der Waals surface area (Å²) in [5.41, 5.74) is 8.16. The minimum atomic E-state index is 0.378. The minimum Gasteiger partial charge on any atom is -0.489 e. The summed E-state index contributed by atoms with van der Waals surface area (Å²) in [4.78, 5) is 0. The van der Waals surface area contributed by atoms with Crippen molar-refractivity contribution in [1.29, 1.82) is 5.26 Å². The third kappa shape index (κ3) is 3.47. The summed E-state index contributed by atoms with van der Waals surface area (Å²) in [5.74, 6) is 0.733. The Hall–Kier alpha value is -2.02. The first-order valence-electron chi connectivity index (χ1n) is 5.83. The van der Waals surface area contributed by atoms with E-state index in [1.54, 1.807) is 24.3 Å². The van der Waals surface area contributed by atoms with Crippen molar-refractivity contribution in [3.63, 3.8) is 0 Å². The highest BCUT2D eigenvalue weighted by Crippen LogP contribution is 2.23. The zero-order chi connectivity index (χ0) is 13.7. The molecule has 0 saturated carbocycles. The number of hydrogen-bond donors (Lipinski definition) is 1. The number of nitrogens with zero attached hydrogens (tertiary/aromatic N) is 1. The second kappa shape index (κ2) is 6.24. The minimum absolute atomic E-state index is 0.378. The van der Waals surface area contributed by atoms with E-state index in [2.05, 4.69) is 6.07 Å². The molecular weight excluding hydrogens is 260 g/mol. The van der Waals surface area contributed by atoms with Gasteiger partial charge in [-0.15, -0.1) is 0 Å². The van der Waals surface area contributed by atoms with E-state index in [9.17, 15) is 0 Å². The second-order valence-electron chi connectivity index (χ2n) is 4.05. The Bertz CT molecular complexity index is 603. The van der Waals surface area contributed by atoms with Crippen molar-refractivity contribution in [3.05, 3.63) is 64.2 Å². The van der Waals surface area contributed by atoms with Gasteiger partial charge in [0.15, 0.2) is 0 Å². The van der Waals surface area contributed by atoms with Gasteiger partial charge < -0.3 is 10.5 Å². The van der Waals surface area contributed by atoms with E-state index < -0.39 is 0 Å². The third-order valence-corrected chi connectivity index (χ3v) is 2.95. The molecule has 0 bridgehead atoms. The Morgan fingerprint density at radius 2 is 1.89 bits per heavy atom. The van der Waals surface area contributed by atoms with Crippen LogP contribution in [0.1, 0.15) is 16.7 Å². The molecule has 0 aromatic heterocycles. The summed E-state index contributed by atoms with van der Waals surface area (Å²) in [5, 5.41) is 9.37. The average Bonchev–Trinajstić information content (AvgIpc) is 2.46. The quantitative estimate of drug-likeness (QED) is 0.929. The highest BCUT2D eigenvalue weighted by Gasteiger charge is 2.04. The van der Waals surface area contributed by atoms with Gasteiger partial charge in [0.05, 0.1) is 11.6 Å². The second-order valence-corrected chi connectivity index (χ2v) is 4.49. The Morgan fingerprint density at radius 1 is 1.16 bits per heavy atom. The monoisotopic (exact) mass is 272 g/mol. The maximum Gasteiger partial charge on any atom is 0.124 e. The molecule has 19 heavy (non-hydrogen) atoms. The number of nitriles is 1. The lowest BCUT2D eigenvalue weighted by atomic mass is 10.1. The first-order chi connectivity index (χ1) is 9.22. The lowest BCUT2D eigenvalue weighted by molar-refractivity contribution is 0.303. The van der Waals surface area contributed by atoms with Gasteiger partial charge in [0.1, 0.15) is 12.4 Å². The normalized spacial score (nSPS) is 9.95. The Kier molecular flexibility index (Phi) is 4.40. The van der Waals surface area contributed by atoms with Crippen molar-refractivity contribution in [2.45, 2.75) is 13.2 Å². The molecule has 3 nitrogen and oxygen atoms in total. The fourth-order valence-corrected chi connectivity index (χ4v) is 1.88. The van der Waals surface area contributed by atoms with Crippen LogP contribution in [0.15, 0.2) is 42.5 Å². The van der Waals surface area contributed by atoms with Gasteiger partial charge in [0.25, 0.3) is 0 Å². The fraction of sp³-hybridized carbons (Fsp3) is 0.133. The zero-order valence-electron chi connectivity index (χ0n) is 10.3. The van der Waals surface area contributed by atoms with Gasteiger partial charge in [-0.3, -0.25) is 0 Å². The van der Waals surface area contributed by atoms with E-state index in [0.717, 1.165) is 16.9 Å². The van der Waals surface area contributed by atoms with Crippen molar-refractivity contribution < 1.29 is 4.74 Å². The molecule has 0 unspecified atom stereocenters. The summed E-state index contributed by atoms with van der Waals surface area (Å²) in [6.07, 6.45) is 0. The first kappa shape index (κ1) is 13.4. The summed E-state index contributed by atoms with van der Waals surface area (Å²) < 4.78 is 5.72. The van der Waals surface area contributed by atoms with Gasteiger partial charge in [-0.05, 0) is 35.9 Å². The van der Waals surface area contributed by atoms with Crippen LogP contribution in [0.4, 0.5) is 0 Å². The van der Waals surface area contributed by atoms with E-state index in [0.29, 0.717) is 23.7 Å². The molecule has 0 radical (unpaired) electrons. The molecule has 0 aliphatic heterocycles. The predicted octanol–water partition coefficient (Wildman–Crippen LogP) is 3.25. The molecule has 0 heterocycles. The molecule has 0 aliphatic carbocycles. The van der Waals surface area contributed by atoms with Gasteiger partial charge >= 0.3 is 0 Å². The van der Waals surface area contributed by atoms with Crippen LogP contribution in [-0.4, -0.2) is 0 Å². The molecule has 4 heteroatoms. The van der Waals surface area contributed by atoms with Crippen molar-refractivity contribution in [3.8, 4) is 11.8 Å². The van der Waals surface area contributed by atoms with Crippen LogP contribution >= 0.6 is 11.6 Å². The molecule has 2 rings (SSSR count). The number of ether oxygens (including phenoxy) is 1.